The number of nitrogens with two attached hydrogens (primary N) is 1. The van der Waals surface area contributed by atoms with Crippen molar-refractivity contribution >= 4 is 24.4 Å². The van der Waals surface area contributed by atoms with Crippen LogP contribution < -0.4 is 10.6 Å². The molecule has 0 atom stereocenters. The molecule has 0 aliphatic carbocycles. The van der Waals surface area contributed by atoms with E-state index in [1.807, 2.05) is 4.90 Å². The molecule has 1 saturated heterocycles. The van der Waals surface area contributed by atoms with Crippen molar-refractivity contribution in [2.45, 2.75) is 0 Å². The van der Waals surface area contributed by atoms with Crippen molar-refractivity contribution < 1.29 is 9.13 Å². The molecule has 2 N–H and O–H groups in total. The van der Waals surface area contributed by atoms with Crippen LogP contribution in [0.15, 0.2) is 17.4 Å². The molecule has 114 valence electrons. The summed E-state index contributed by atoms with van der Waals surface area (Å²) < 4.78 is 19.7. The van der Waals surface area contributed by atoms with Crippen molar-refractivity contribution in [1.82, 2.24) is 19.9 Å². The highest BCUT2D eigenvalue weighted by Crippen LogP contribution is 2.28. The second kappa shape index (κ2) is 5.98. The van der Waals surface area contributed by atoms with Crippen LogP contribution in [0.3, 0.4) is 0 Å². The van der Waals surface area contributed by atoms with Gasteiger partial charge in [0.15, 0.2) is 11.6 Å². The largest absolute Gasteiger partial charge is 0.378 e. The first-order valence-electron chi connectivity index (χ1n) is 6.64. The molecule has 0 amide bonds. The maximum Gasteiger partial charge on any atom is 0.228 e. The molecule has 1 fully saturated rings. The molecule has 1 aliphatic rings. The molecule has 0 spiro atoms. The highest BCUT2D eigenvalue weighted by atomic mass is 19.1. The second-order valence-corrected chi connectivity index (χ2v) is 4.60. The summed E-state index contributed by atoms with van der Waals surface area (Å²) >= 11 is 0. The Labute approximate surface area is 125 Å². The third kappa shape index (κ3) is 2.70. The van der Waals surface area contributed by atoms with Crippen molar-refractivity contribution in [2.24, 2.45) is 4.99 Å². The third-order valence-corrected chi connectivity index (χ3v) is 3.21. The van der Waals surface area contributed by atoms with Crippen LogP contribution in [0.1, 0.15) is 0 Å². The van der Waals surface area contributed by atoms with E-state index in [1.54, 1.807) is 0 Å². The van der Waals surface area contributed by atoms with Gasteiger partial charge in [-0.25, -0.2) is 24.3 Å². The van der Waals surface area contributed by atoms with Gasteiger partial charge in [-0.15, -0.1) is 0 Å². The number of anilines is 2. The van der Waals surface area contributed by atoms with Gasteiger partial charge in [0.25, 0.3) is 0 Å². The molecule has 3 rings (SSSR count). The number of hydrogen-bond donors (Lipinski definition) is 1. The molecule has 1 aliphatic heterocycles. The van der Waals surface area contributed by atoms with Gasteiger partial charge in [0.05, 0.1) is 13.2 Å². The van der Waals surface area contributed by atoms with E-state index in [9.17, 15) is 4.39 Å². The molecular formula is C13H14FN7O. The lowest BCUT2D eigenvalue weighted by Crippen LogP contribution is -2.37. The molecular weight excluding hydrogens is 289 g/mol. The molecule has 2 aromatic heterocycles. The predicted molar refractivity (Wildman–Crippen MR) is 79.7 cm³/mol. The van der Waals surface area contributed by atoms with Crippen molar-refractivity contribution in [2.75, 3.05) is 36.9 Å². The van der Waals surface area contributed by atoms with E-state index in [-0.39, 0.29) is 17.5 Å². The zero-order chi connectivity index (χ0) is 15.5. The summed E-state index contributed by atoms with van der Waals surface area (Å²) in [7, 11) is 0. The van der Waals surface area contributed by atoms with Gasteiger partial charge in [0.1, 0.15) is 5.69 Å². The summed E-state index contributed by atoms with van der Waals surface area (Å²) in [5.41, 5.74) is 5.91. The lowest BCUT2D eigenvalue weighted by molar-refractivity contribution is 0.122. The van der Waals surface area contributed by atoms with E-state index in [4.69, 9.17) is 10.5 Å². The second-order valence-electron chi connectivity index (χ2n) is 4.60. The highest BCUT2D eigenvalue weighted by Gasteiger charge is 2.20. The van der Waals surface area contributed by atoms with Gasteiger partial charge in [0, 0.05) is 31.0 Å². The highest BCUT2D eigenvalue weighted by molar-refractivity contribution is 5.64. The molecule has 0 unspecified atom stereocenters. The molecule has 9 heteroatoms. The van der Waals surface area contributed by atoms with Gasteiger partial charge in [-0.1, -0.05) is 0 Å². The summed E-state index contributed by atoms with van der Waals surface area (Å²) in [6.07, 6.45) is 2.81. The SMILES string of the molecule is C=Nc1nc(N2CCOCC2)nc(-c2cnc(N)nc2)c1F. The number of nitrogens with zero attached hydrogens (tertiary/aromatic N) is 6. The zero-order valence-electron chi connectivity index (χ0n) is 11.7. The molecule has 2 aromatic rings. The van der Waals surface area contributed by atoms with Crippen molar-refractivity contribution in [3.05, 3.63) is 18.2 Å². The summed E-state index contributed by atoms with van der Waals surface area (Å²) in [6, 6.07) is 0. The predicted octanol–water partition coefficient (Wildman–Crippen LogP) is 0.824. The zero-order valence-corrected chi connectivity index (χ0v) is 11.7. The number of hydrogen-bond acceptors (Lipinski definition) is 8. The van der Waals surface area contributed by atoms with Gasteiger partial charge in [-0.05, 0) is 6.72 Å². The Balaban J connectivity index is 2.07. The number of aromatic nitrogens is 4. The molecule has 0 aromatic carbocycles. The Morgan fingerprint density at radius 3 is 2.55 bits per heavy atom. The minimum Gasteiger partial charge on any atom is -0.378 e. The van der Waals surface area contributed by atoms with Crippen molar-refractivity contribution in [1.29, 1.82) is 0 Å². The Morgan fingerprint density at radius 1 is 1.23 bits per heavy atom. The van der Waals surface area contributed by atoms with Crippen LogP contribution in [-0.4, -0.2) is 53.0 Å². The van der Waals surface area contributed by atoms with Crippen LogP contribution in [0.25, 0.3) is 11.3 Å². The number of morpholine rings is 1. The van der Waals surface area contributed by atoms with E-state index in [0.29, 0.717) is 37.8 Å². The minimum absolute atomic E-state index is 0.0684. The van der Waals surface area contributed by atoms with Gasteiger partial charge >= 0.3 is 0 Å². The quantitative estimate of drug-likeness (QED) is 0.837. The normalized spacial score (nSPS) is 14.9. The Hall–Kier alpha value is -2.68. The fraction of sp³-hybridized carbons (Fsp3) is 0.308. The van der Waals surface area contributed by atoms with Crippen LogP contribution in [0.4, 0.5) is 22.1 Å². The van der Waals surface area contributed by atoms with Crippen LogP contribution in [0, 0.1) is 5.82 Å². The monoisotopic (exact) mass is 303 g/mol. The van der Waals surface area contributed by atoms with E-state index in [1.165, 1.54) is 12.4 Å². The summed E-state index contributed by atoms with van der Waals surface area (Å²) in [4.78, 5) is 21.6. The lowest BCUT2D eigenvalue weighted by Gasteiger charge is -2.27. The van der Waals surface area contributed by atoms with Gasteiger partial charge in [-0.3, -0.25) is 0 Å². The number of ether oxygens (including phenoxy) is 1. The standard InChI is InChI=1S/C13H14FN7O/c1-16-11-9(14)10(8-6-17-12(15)18-7-8)19-13(20-11)21-2-4-22-5-3-21/h6-7H,1-5H2,(H2,15,17,18). The summed E-state index contributed by atoms with van der Waals surface area (Å²) in [6.45, 7) is 5.74. The Kier molecular flexibility index (Phi) is 3.88. The van der Waals surface area contributed by atoms with E-state index >= 15 is 0 Å². The van der Waals surface area contributed by atoms with Gasteiger partial charge < -0.3 is 15.4 Å². The fourth-order valence-corrected chi connectivity index (χ4v) is 2.08. The van der Waals surface area contributed by atoms with Crippen molar-refractivity contribution in [3.63, 3.8) is 0 Å². The van der Waals surface area contributed by atoms with Gasteiger partial charge in [-0.2, -0.15) is 4.98 Å². The first-order chi connectivity index (χ1) is 10.7. The van der Waals surface area contributed by atoms with E-state index < -0.39 is 5.82 Å². The number of halogens is 1. The third-order valence-electron chi connectivity index (χ3n) is 3.21. The van der Waals surface area contributed by atoms with Crippen LogP contribution in [0.2, 0.25) is 0 Å². The molecule has 22 heavy (non-hydrogen) atoms. The maximum absolute atomic E-state index is 14.4. The minimum atomic E-state index is -0.666. The molecule has 0 saturated carbocycles. The first-order valence-corrected chi connectivity index (χ1v) is 6.64. The first kappa shape index (κ1) is 14.3. The van der Waals surface area contributed by atoms with E-state index in [2.05, 4.69) is 31.6 Å². The Morgan fingerprint density at radius 2 is 1.91 bits per heavy atom. The van der Waals surface area contributed by atoms with Gasteiger partial charge in [0.2, 0.25) is 11.9 Å². The summed E-state index contributed by atoms with van der Waals surface area (Å²) in [5, 5.41) is 0. The summed E-state index contributed by atoms with van der Waals surface area (Å²) in [5.74, 6) is -0.295. The average Bonchev–Trinajstić information content (AvgIpc) is 2.57. The lowest BCUT2D eigenvalue weighted by atomic mass is 10.2. The molecule has 0 radical (unpaired) electrons. The van der Waals surface area contributed by atoms with Crippen LogP contribution in [0.5, 0.6) is 0 Å². The molecule has 3 heterocycles. The topological polar surface area (TPSA) is 102 Å². The number of aliphatic imine (C=N–C) groups is 1. The molecule has 0 bridgehead atoms. The Bertz CT molecular complexity index is 686. The van der Waals surface area contributed by atoms with Crippen LogP contribution in [-0.2, 0) is 4.74 Å². The average molecular weight is 303 g/mol. The number of nitrogen functional groups attached to an aromatic ring is 1. The van der Waals surface area contributed by atoms with Crippen LogP contribution >= 0.6 is 0 Å². The maximum atomic E-state index is 14.4. The smallest absolute Gasteiger partial charge is 0.228 e. The van der Waals surface area contributed by atoms with Crippen molar-refractivity contribution in [3.8, 4) is 11.3 Å². The molecule has 8 nitrogen and oxygen atoms in total. The fourth-order valence-electron chi connectivity index (χ4n) is 2.08. The number of rotatable bonds is 3. The van der Waals surface area contributed by atoms with E-state index in [0.717, 1.165) is 0 Å².